The maximum absolute atomic E-state index is 10.4. The smallest absolute Gasteiger partial charge is 0.142 e. The standard InChI is InChI=1S/C13H15ClN2O2/c1-3-16-8-7-15-13(16)12(17)11-9(14)5-4-6-10(11)18-2/h4-8,12,17H,3H2,1-2H3. The summed E-state index contributed by atoms with van der Waals surface area (Å²) in [5.74, 6) is 1.12. The number of aliphatic hydroxyl groups excluding tert-OH is 1. The van der Waals surface area contributed by atoms with Crippen LogP contribution >= 0.6 is 11.6 Å². The Bertz CT molecular complexity index is 540. The Morgan fingerprint density at radius 3 is 2.94 bits per heavy atom. The summed E-state index contributed by atoms with van der Waals surface area (Å²) < 4.78 is 7.11. The Labute approximate surface area is 111 Å². The largest absolute Gasteiger partial charge is 0.496 e. The topological polar surface area (TPSA) is 47.3 Å². The predicted octanol–water partition coefficient (Wildman–Crippen LogP) is 2.65. The number of ether oxygens (including phenoxy) is 1. The van der Waals surface area contributed by atoms with Crippen molar-refractivity contribution in [3.8, 4) is 5.75 Å². The van der Waals surface area contributed by atoms with E-state index in [0.29, 0.717) is 22.2 Å². The third kappa shape index (κ3) is 2.21. The van der Waals surface area contributed by atoms with Crippen LogP contribution in [0.5, 0.6) is 5.75 Å². The SMILES string of the molecule is CCn1ccnc1C(O)c1c(Cl)cccc1OC. The molecule has 1 heterocycles. The molecule has 18 heavy (non-hydrogen) atoms. The molecule has 0 bridgehead atoms. The van der Waals surface area contributed by atoms with Gasteiger partial charge in [0, 0.05) is 24.5 Å². The maximum Gasteiger partial charge on any atom is 0.142 e. The first-order chi connectivity index (χ1) is 8.69. The van der Waals surface area contributed by atoms with E-state index in [1.54, 1.807) is 31.5 Å². The number of nitrogens with zero attached hydrogens (tertiary/aromatic N) is 2. The van der Waals surface area contributed by atoms with Crippen molar-refractivity contribution in [3.63, 3.8) is 0 Å². The van der Waals surface area contributed by atoms with Crippen molar-refractivity contribution in [1.29, 1.82) is 0 Å². The van der Waals surface area contributed by atoms with E-state index in [4.69, 9.17) is 16.3 Å². The van der Waals surface area contributed by atoms with Gasteiger partial charge in [-0.05, 0) is 19.1 Å². The highest BCUT2D eigenvalue weighted by atomic mass is 35.5. The van der Waals surface area contributed by atoms with Crippen molar-refractivity contribution in [2.24, 2.45) is 0 Å². The van der Waals surface area contributed by atoms with E-state index >= 15 is 0 Å². The van der Waals surface area contributed by atoms with Crippen molar-refractivity contribution >= 4 is 11.6 Å². The minimum absolute atomic E-state index is 0.465. The Morgan fingerprint density at radius 2 is 2.28 bits per heavy atom. The van der Waals surface area contributed by atoms with Crippen LogP contribution in [0.3, 0.4) is 0 Å². The van der Waals surface area contributed by atoms with Gasteiger partial charge in [0.05, 0.1) is 12.1 Å². The average molecular weight is 267 g/mol. The molecule has 5 heteroatoms. The van der Waals surface area contributed by atoms with Gasteiger partial charge in [0.25, 0.3) is 0 Å². The zero-order valence-electron chi connectivity index (χ0n) is 10.3. The van der Waals surface area contributed by atoms with Crippen molar-refractivity contribution in [2.75, 3.05) is 7.11 Å². The van der Waals surface area contributed by atoms with Crippen LogP contribution in [0, 0.1) is 0 Å². The van der Waals surface area contributed by atoms with Crippen LogP contribution < -0.4 is 4.74 Å². The van der Waals surface area contributed by atoms with E-state index in [2.05, 4.69) is 4.98 Å². The lowest BCUT2D eigenvalue weighted by Gasteiger charge is -2.16. The van der Waals surface area contributed by atoms with Crippen molar-refractivity contribution < 1.29 is 9.84 Å². The zero-order chi connectivity index (χ0) is 13.1. The first kappa shape index (κ1) is 12.9. The summed E-state index contributed by atoms with van der Waals surface area (Å²) in [6.07, 6.45) is 2.58. The average Bonchev–Trinajstić information content (AvgIpc) is 2.85. The summed E-state index contributed by atoms with van der Waals surface area (Å²) in [6.45, 7) is 2.72. The molecular weight excluding hydrogens is 252 g/mol. The van der Waals surface area contributed by atoms with Crippen LogP contribution in [-0.4, -0.2) is 21.8 Å². The molecule has 4 nitrogen and oxygen atoms in total. The molecule has 0 aliphatic rings. The highest BCUT2D eigenvalue weighted by Crippen LogP contribution is 2.34. The number of benzene rings is 1. The maximum atomic E-state index is 10.4. The summed E-state index contributed by atoms with van der Waals surface area (Å²) in [5, 5.41) is 10.9. The quantitative estimate of drug-likeness (QED) is 0.925. The van der Waals surface area contributed by atoms with E-state index in [1.807, 2.05) is 17.7 Å². The van der Waals surface area contributed by atoms with Crippen LogP contribution in [0.25, 0.3) is 0 Å². The number of methoxy groups -OCH3 is 1. The molecule has 1 atom stereocenters. The van der Waals surface area contributed by atoms with Crippen LogP contribution in [0.15, 0.2) is 30.6 Å². The normalized spacial score (nSPS) is 12.4. The van der Waals surface area contributed by atoms with E-state index in [-0.39, 0.29) is 0 Å². The summed E-state index contributed by atoms with van der Waals surface area (Å²) in [6, 6.07) is 5.27. The van der Waals surface area contributed by atoms with Gasteiger partial charge < -0.3 is 14.4 Å². The molecule has 0 saturated heterocycles. The molecule has 2 rings (SSSR count). The molecule has 0 aliphatic heterocycles. The van der Waals surface area contributed by atoms with Crippen molar-refractivity contribution in [2.45, 2.75) is 19.6 Å². The van der Waals surface area contributed by atoms with E-state index < -0.39 is 6.10 Å². The van der Waals surface area contributed by atoms with Gasteiger partial charge in [-0.15, -0.1) is 0 Å². The number of halogens is 1. The third-order valence-electron chi connectivity index (χ3n) is 2.84. The molecule has 1 aromatic heterocycles. The lowest BCUT2D eigenvalue weighted by molar-refractivity contribution is 0.200. The van der Waals surface area contributed by atoms with Gasteiger partial charge in [0.1, 0.15) is 17.7 Å². The first-order valence-corrected chi connectivity index (χ1v) is 6.08. The summed E-state index contributed by atoms with van der Waals surface area (Å²) in [7, 11) is 1.55. The molecule has 0 spiro atoms. The lowest BCUT2D eigenvalue weighted by Crippen LogP contribution is -2.10. The number of hydrogen-bond donors (Lipinski definition) is 1. The van der Waals surface area contributed by atoms with Gasteiger partial charge in [0.2, 0.25) is 0 Å². The molecule has 0 fully saturated rings. The Kier molecular flexibility index (Phi) is 3.89. The Hall–Kier alpha value is -1.52. The molecule has 1 N–H and O–H groups in total. The van der Waals surface area contributed by atoms with Crippen LogP contribution in [0.4, 0.5) is 0 Å². The van der Waals surface area contributed by atoms with Gasteiger partial charge in [-0.25, -0.2) is 4.98 Å². The fourth-order valence-corrected chi connectivity index (χ4v) is 2.19. The predicted molar refractivity (Wildman–Crippen MR) is 70.0 cm³/mol. The highest BCUT2D eigenvalue weighted by Gasteiger charge is 2.22. The number of aliphatic hydroxyl groups is 1. The van der Waals surface area contributed by atoms with Crippen LogP contribution in [0.2, 0.25) is 5.02 Å². The van der Waals surface area contributed by atoms with Gasteiger partial charge in [-0.1, -0.05) is 17.7 Å². The number of aromatic nitrogens is 2. The summed E-state index contributed by atoms with van der Waals surface area (Å²) in [5.41, 5.74) is 0.544. The molecule has 1 aromatic carbocycles. The summed E-state index contributed by atoms with van der Waals surface area (Å²) in [4.78, 5) is 4.18. The van der Waals surface area contributed by atoms with Gasteiger partial charge in [-0.2, -0.15) is 0 Å². The molecule has 0 radical (unpaired) electrons. The van der Waals surface area contributed by atoms with Gasteiger partial charge in [0.15, 0.2) is 0 Å². The monoisotopic (exact) mass is 266 g/mol. The van der Waals surface area contributed by atoms with E-state index in [0.717, 1.165) is 6.54 Å². The fourth-order valence-electron chi connectivity index (χ4n) is 1.93. The van der Waals surface area contributed by atoms with Crippen LogP contribution in [0.1, 0.15) is 24.4 Å². The molecule has 96 valence electrons. The highest BCUT2D eigenvalue weighted by molar-refractivity contribution is 6.31. The molecule has 0 saturated carbocycles. The first-order valence-electron chi connectivity index (χ1n) is 5.70. The fraction of sp³-hybridized carbons (Fsp3) is 0.308. The Morgan fingerprint density at radius 1 is 1.50 bits per heavy atom. The minimum atomic E-state index is -0.899. The number of aryl methyl sites for hydroxylation is 1. The van der Waals surface area contributed by atoms with Crippen molar-refractivity contribution in [1.82, 2.24) is 9.55 Å². The third-order valence-corrected chi connectivity index (χ3v) is 3.17. The molecule has 0 aliphatic carbocycles. The number of hydrogen-bond acceptors (Lipinski definition) is 3. The van der Waals surface area contributed by atoms with Gasteiger partial charge in [-0.3, -0.25) is 0 Å². The lowest BCUT2D eigenvalue weighted by atomic mass is 10.1. The Balaban J connectivity index is 2.49. The summed E-state index contributed by atoms with van der Waals surface area (Å²) >= 11 is 6.14. The van der Waals surface area contributed by atoms with Gasteiger partial charge >= 0.3 is 0 Å². The van der Waals surface area contributed by atoms with Crippen molar-refractivity contribution in [3.05, 3.63) is 47.0 Å². The molecule has 0 amide bonds. The van der Waals surface area contributed by atoms with E-state index in [9.17, 15) is 5.11 Å². The second-order valence-corrected chi connectivity index (χ2v) is 4.24. The molecule has 1 unspecified atom stereocenters. The second kappa shape index (κ2) is 5.42. The van der Waals surface area contributed by atoms with Crippen LogP contribution in [-0.2, 0) is 6.54 Å². The number of imidazole rings is 1. The second-order valence-electron chi connectivity index (χ2n) is 3.83. The zero-order valence-corrected chi connectivity index (χ0v) is 11.1. The molecule has 2 aromatic rings. The molecular formula is C13H15ClN2O2. The minimum Gasteiger partial charge on any atom is -0.496 e. The number of rotatable bonds is 4. The van der Waals surface area contributed by atoms with E-state index in [1.165, 1.54) is 0 Å².